The maximum absolute atomic E-state index is 5.91. The standard InChI is InChI=1S/C12H18ClN3/c1-8-5-3-4-6-10(8)16-12-7-11(13)14-9(2)15-12/h7-8,10H,3-6H2,1-2H3,(H,14,15,16)/t8-,10-/m0/s1. The number of nitrogens with zero attached hydrogens (tertiary/aromatic N) is 2. The highest BCUT2D eigenvalue weighted by Gasteiger charge is 2.21. The summed E-state index contributed by atoms with van der Waals surface area (Å²) in [4.78, 5) is 8.42. The van der Waals surface area contributed by atoms with E-state index in [0.29, 0.717) is 17.1 Å². The second-order valence-electron chi connectivity index (χ2n) is 4.64. The fourth-order valence-corrected chi connectivity index (χ4v) is 2.55. The van der Waals surface area contributed by atoms with E-state index in [9.17, 15) is 0 Å². The van der Waals surface area contributed by atoms with Gasteiger partial charge in [-0.05, 0) is 25.7 Å². The lowest BCUT2D eigenvalue weighted by atomic mass is 9.86. The first-order chi connectivity index (χ1) is 7.65. The minimum atomic E-state index is 0.512. The summed E-state index contributed by atoms with van der Waals surface area (Å²) in [7, 11) is 0. The van der Waals surface area contributed by atoms with Crippen molar-refractivity contribution in [3.05, 3.63) is 17.0 Å². The highest BCUT2D eigenvalue weighted by Crippen LogP contribution is 2.26. The lowest BCUT2D eigenvalue weighted by Crippen LogP contribution is -2.30. The molecule has 1 saturated carbocycles. The third kappa shape index (κ3) is 2.85. The Kier molecular flexibility index (Phi) is 3.64. The summed E-state index contributed by atoms with van der Waals surface area (Å²) in [5, 5.41) is 3.99. The van der Waals surface area contributed by atoms with Gasteiger partial charge in [-0.3, -0.25) is 0 Å². The predicted octanol–water partition coefficient (Wildman–Crippen LogP) is 3.43. The molecule has 0 bridgehead atoms. The molecule has 0 aromatic carbocycles. The summed E-state index contributed by atoms with van der Waals surface area (Å²) in [5.74, 6) is 2.29. The van der Waals surface area contributed by atoms with Crippen molar-refractivity contribution in [2.75, 3.05) is 5.32 Å². The molecular formula is C12H18ClN3. The molecule has 0 saturated heterocycles. The Hall–Kier alpha value is -0.830. The normalized spacial score (nSPS) is 25.4. The average molecular weight is 240 g/mol. The van der Waals surface area contributed by atoms with Crippen molar-refractivity contribution in [3.63, 3.8) is 0 Å². The van der Waals surface area contributed by atoms with Crippen molar-refractivity contribution in [1.29, 1.82) is 0 Å². The summed E-state index contributed by atoms with van der Waals surface area (Å²) in [6.07, 6.45) is 5.18. The fourth-order valence-electron chi connectivity index (χ4n) is 2.33. The molecule has 0 radical (unpaired) electrons. The first-order valence-corrected chi connectivity index (χ1v) is 6.30. The van der Waals surface area contributed by atoms with Crippen LogP contribution in [-0.2, 0) is 0 Å². The van der Waals surface area contributed by atoms with Gasteiger partial charge in [0.25, 0.3) is 0 Å². The maximum atomic E-state index is 5.91. The molecular weight excluding hydrogens is 222 g/mol. The van der Waals surface area contributed by atoms with Gasteiger partial charge in [0.1, 0.15) is 16.8 Å². The quantitative estimate of drug-likeness (QED) is 0.804. The van der Waals surface area contributed by atoms with Gasteiger partial charge in [0.05, 0.1) is 0 Å². The van der Waals surface area contributed by atoms with Gasteiger partial charge in [-0.1, -0.05) is 31.4 Å². The van der Waals surface area contributed by atoms with E-state index < -0.39 is 0 Å². The predicted molar refractivity (Wildman–Crippen MR) is 66.8 cm³/mol. The smallest absolute Gasteiger partial charge is 0.134 e. The van der Waals surface area contributed by atoms with Crippen LogP contribution in [0.15, 0.2) is 6.07 Å². The Morgan fingerprint density at radius 3 is 2.75 bits per heavy atom. The first-order valence-electron chi connectivity index (χ1n) is 5.93. The molecule has 1 N–H and O–H groups in total. The van der Waals surface area contributed by atoms with E-state index in [1.54, 1.807) is 6.07 Å². The Morgan fingerprint density at radius 2 is 2.06 bits per heavy atom. The molecule has 1 aromatic rings. The number of aryl methyl sites for hydroxylation is 1. The minimum absolute atomic E-state index is 0.512. The van der Waals surface area contributed by atoms with Crippen LogP contribution >= 0.6 is 11.6 Å². The van der Waals surface area contributed by atoms with Crippen LogP contribution in [-0.4, -0.2) is 16.0 Å². The number of anilines is 1. The maximum Gasteiger partial charge on any atom is 0.134 e. The molecule has 1 aliphatic carbocycles. The van der Waals surface area contributed by atoms with Gasteiger partial charge in [-0.2, -0.15) is 0 Å². The van der Waals surface area contributed by atoms with Gasteiger partial charge in [0.2, 0.25) is 0 Å². The zero-order valence-electron chi connectivity index (χ0n) is 9.83. The summed E-state index contributed by atoms with van der Waals surface area (Å²) >= 11 is 5.91. The van der Waals surface area contributed by atoms with Gasteiger partial charge >= 0.3 is 0 Å². The molecule has 2 atom stereocenters. The number of nitrogens with one attached hydrogen (secondary N) is 1. The molecule has 0 aliphatic heterocycles. The Morgan fingerprint density at radius 1 is 1.31 bits per heavy atom. The van der Waals surface area contributed by atoms with Gasteiger partial charge in [-0.25, -0.2) is 9.97 Å². The van der Waals surface area contributed by atoms with E-state index in [2.05, 4.69) is 22.2 Å². The number of aromatic nitrogens is 2. The van der Waals surface area contributed by atoms with E-state index in [4.69, 9.17) is 11.6 Å². The van der Waals surface area contributed by atoms with Crippen LogP contribution < -0.4 is 5.32 Å². The number of hydrogen-bond acceptors (Lipinski definition) is 3. The monoisotopic (exact) mass is 239 g/mol. The molecule has 1 heterocycles. The first kappa shape index (κ1) is 11.6. The Balaban J connectivity index is 2.07. The van der Waals surface area contributed by atoms with Crippen LogP contribution in [0.2, 0.25) is 5.15 Å². The van der Waals surface area contributed by atoms with E-state index >= 15 is 0 Å². The van der Waals surface area contributed by atoms with Gasteiger partial charge in [-0.15, -0.1) is 0 Å². The molecule has 4 heteroatoms. The zero-order valence-corrected chi connectivity index (χ0v) is 10.6. The molecule has 0 spiro atoms. The molecule has 1 fully saturated rings. The molecule has 0 unspecified atom stereocenters. The summed E-state index contributed by atoms with van der Waals surface area (Å²) in [5.41, 5.74) is 0. The third-order valence-electron chi connectivity index (χ3n) is 3.25. The van der Waals surface area contributed by atoms with Gasteiger partial charge in [0, 0.05) is 12.1 Å². The highest BCUT2D eigenvalue weighted by atomic mass is 35.5. The Labute approximate surface area is 102 Å². The summed E-state index contributed by atoms with van der Waals surface area (Å²) < 4.78 is 0. The molecule has 16 heavy (non-hydrogen) atoms. The molecule has 1 aliphatic rings. The van der Waals surface area contributed by atoms with E-state index in [-0.39, 0.29) is 0 Å². The van der Waals surface area contributed by atoms with Crippen LogP contribution in [0.25, 0.3) is 0 Å². The van der Waals surface area contributed by atoms with Crippen molar-refractivity contribution in [2.45, 2.75) is 45.6 Å². The van der Waals surface area contributed by atoms with Crippen molar-refractivity contribution in [3.8, 4) is 0 Å². The van der Waals surface area contributed by atoms with Crippen LogP contribution in [0.1, 0.15) is 38.4 Å². The van der Waals surface area contributed by atoms with Crippen LogP contribution in [0.5, 0.6) is 0 Å². The van der Waals surface area contributed by atoms with Crippen LogP contribution in [0.3, 0.4) is 0 Å². The molecule has 88 valence electrons. The van der Waals surface area contributed by atoms with Crippen LogP contribution in [0, 0.1) is 12.8 Å². The van der Waals surface area contributed by atoms with E-state index in [1.165, 1.54) is 25.7 Å². The summed E-state index contributed by atoms with van der Waals surface area (Å²) in [6, 6.07) is 2.33. The SMILES string of the molecule is Cc1nc(Cl)cc(N[C@H]2CCCC[C@@H]2C)n1. The third-order valence-corrected chi connectivity index (χ3v) is 3.45. The number of rotatable bonds is 2. The largest absolute Gasteiger partial charge is 0.367 e. The lowest BCUT2D eigenvalue weighted by Gasteiger charge is -2.29. The molecule has 0 amide bonds. The Bertz CT molecular complexity index is 347. The highest BCUT2D eigenvalue weighted by molar-refractivity contribution is 6.29. The summed E-state index contributed by atoms with van der Waals surface area (Å²) in [6.45, 7) is 4.16. The van der Waals surface area contributed by atoms with Crippen LogP contribution in [0.4, 0.5) is 5.82 Å². The van der Waals surface area contributed by atoms with E-state index in [0.717, 1.165) is 11.6 Å². The minimum Gasteiger partial charge on any atom is -0.367 e. The molecule has 3 nitrogen and oxygen atoms in total. The zero-order chi connectivity index (χ0) is 11.5. The van der Waals surface area contributed by atoms with Crippen molar-refractivity contribution >= 4 is 17.4 Å². The second kappa shape index (κ2) is 5.00. The lowest BCUT2D eigenvalue weighted by molar-refractivity contribution is 0.349. The van der Waals surface area contributed by atoms with Crippen molar-refractivity contribution in [2.24, 2.45) is 5.92 Å². The second-order valence-corrected chi connectivity index (χ2v) is 5.02. The fraction of sp³-hybridized carbons (Fsp3) is 0.667. The topological polar surface area (TPSA) is 37.8 Å². The van der Waals surface area contributed by atoms with Crippen molar-refractivity contribution < 1.29 is 0 Å². The molecule has 2 rings (SSSR count). The van der Waals surface area contributed by atoms with Crippen molar-refractivity contribution in [1.82, 2.24) is 9.97 Å². The molecule has 1 aromatic heterocycles. The number of halogens is 1. The van der Waals surface area contributed by atoms with E-state index in [1.807, 2.05) is 6.92 Å². The van der Waals surface area contributed by atoms with Gasteiger partial charge in [0.15, 0.2) is 0 Å². The van der Waals surface area contributed by atoms with Gasteiger partial charge < -0.3 is 5.32 Å². The average Bonchev–Trinajstić information content (AvgIpc) is 2.20. The number of hydrogen-bond donors (Lipinski definition) is 1.